The van der Waals surface area contributed by atoms with Crippen molar-refractivity contribution in [1.29, 1.82) is 0 Å². The van der Waals surface area contributed by atoms with Crippen LogP contribution in [0.2, 0.25) is 5.02 Å². The standard InChI is InChI=1S/C15H16ClF2N3O/c1-6-11(16)9-8(7-3-2-4-20-5-7)12(17)13(18)10(15(19)22)14(9)21-6/h7,20-21H,2-5H2,1H3,(H2,19,22). The summed E-state index contributed by atoms with van der Waals surface area (Å²) < 4.78 is 29.0. The monoisotopic (exact) mass is 327 g/mol. The number of hydrogen-bond acceptors (Lipinski definition) is 2. The first kappa shape index (κ1) is 15.2. The minimum absolute atomic E-state index is 0.175. The van der Waals surface area contributed by atoms with Gasteiger partial charge in [-0.05, 0) is 26.3 Å². The van der Waals surface area contributed by atoms with E-state index in [1.807, 2.05) is 0 Å². The molecule has 1 saturated heterocycles. The molecule has 0 bridgehead atoms. The van der Waals surface area contributed by atoms with E-state index in [0.29, 0.717) is 22.6 Å². The third kappa shape index (κ3) is 2.18. The van der Waals surface area contributed by atoms with Crippen LogP contribution in [-0.4, -0.2) is 24.0 Å². The van der Waals surface area contributed by atoms with Crippen molar-refractivity contribution in [1.82, 2.24) is 10.3 Å². The Bertz CT molecular complexity index is 766. The van der Waals surface area contributed by atoms with Gasteiger partial charge in [-0.15, -0.1) is 0 Å². The molecule has 2 heterocycles. The zero-order chi connectivity index (χ0) is 16.0. The SMILES string of the molecule is Cc1[nH]c2c(C(N)=O)c(F)c(F)c(C3CCCNC3)c2c1Cl. The first-order valence-electron chi connectivity index (χ1n) is 7.12. The Morgan fingerprint density at radius 3 is 2.68 bits per heavy atom. The average molecular weight is 328 g/mol. The van der Waals surface area contributed by atoms with Crippen LogP contribution in [0.25, 0.3) is 10.9 Å². The topological polar surface area (TPSA) is 70.9 Å². The van der Waals surface area contributed by atoms with Crippen LogP contribution in [0, 0.1) is 18.6 Å². The first-order chi connectivity index (χ1) is 10.4. The molecule has 1 atom stereocenters. The van der Waals surface area contributed by atoms with E-state index in [1.165, 1.54) is 0 Å². The van der Waals surface area contributed by atoms with Gasteiger partial charge < -0.3 is 16.0 Å². The molecule has 1 unspecified atom stereocenters. The van der Waals surface area contributed by atoms with Crippen LogP contribution in [0.1, 0.15) is 40.4 Å². The summed E-state index contributed by atoms with van der Waals surface area (Å²) in [4.78, 5) is 14.4. The summed E-state index contributed by atoms with van der Waals surface area (Å²) >= 11 is 6.27. The number of halogens is 3. The number of hydrogen-bond donors (Lipinski definition) is 3. The summed E-state index contributed by atoms with van der Waals surface area (Å²) in [6.07, 6.45) is 1.60. The molecule has 0 spiro atoms. The third-order valence-electron chi connectivity index (χ3n) is 4.23. The maximum absolute atomic E-state index is 14.6. The minimum atomic E-state index is -1.21. The Morgan fingerprint density at radius 2 is 2.09 bits per heavy atom. The van der Waals surface area contributed by atoms with Crippen molar-refractivity contribution in [2.24, 2.45) is 5.73 Å². The molecule has 118 valence electrons. The first-order valence-corrected chi connectivity index (χ1v) is 7.50. The molecule has 1 aliphatic heterocycles. The van der Waals surface area contributed by atoms with Crippen LogP contribution in [0.5, 0.6) is 0 Å². The molecular formula is C15H16ClF2N3O. The molecule has 1 aliphatic rings. The predicted molar refractivity (Wildman–Crippen MR) is 81.3 cm³/mol. The zero-order valence-corrected chi connectivity index (χ0v) is 12.8. The molecule has 1 aromatic carbocycles. The molecule has 4 N–H and O–H groups in total. The fraction of sp³-hybridized carbons (Fsp3) is 0.400. The minimum Gasteiger partial charge on any atom is -0.365 e. The second-order valence-electron chi connectivity index (χ2n) is 5.64. The number of carbonyl (C=O) groups excluding carboxylic acids is 1. The number of amides is 1. The maximum Gasteiger partial charge on any atom is 0.253 e. The number of fused-ring (bicyclic) bond motifs is 1. The van der Waals surface area contributed by atoms with Crippen LogP contribution >= 0.6 is 11.6 Å². The van der Waals surface area contributed by atoms with E-state index in [0.717, 1.165) is 19.4 Å². The summed E-state index contributed by atoms with van der Waals surface area (Å²) in [6, 6.07) is 0. The Labute approximate surface area is 131 Å². The molecule has 0 aliphatic carbocycles. The van der Waals surface area contributed by atoms with Crippen molar-refractivity contribution in [3.63, 3.8) is 0 Å². The highest BCUT2D eigenvalue weighted by atomic mass is 35.5. The number of nitrogens with two attached hydrogens (primary N) is 1. The molecule has 1 fully saturated rings. The largest absolute Gasteiger partial charge is 0.365 e. The molecule has 0 saturated carbocycles. The van der Waals surface area contributed by atoms with Crippen LogP contribution in [0.3, 0.4) is 0 Å². The molecule has 1 amide bonds. The van der Waals surface area contributed by atoms with Crippen LogP contribution in [0.15, 0.2) is 0 Å². The number of aryl methyl sites for hydroxylation is 1. The number of nitrogens with one attached hydrogen (secondary N) is 2. The van der Waals surface area contributed by atoms with Gasteiger partial charge in [-0.1, -0.05) is 11.6 Å². The lowest BCUT2D eigenvalue weighted by Crippen LogP contribution is -2.29. The molecule has 4 nitrogen and oxygen atoms in total. The van der Waals surface area contributed by atoms with E-state index in [9.17, 15) is 13.6 Å². The van der Waals surface area contributed by atoms with Gasteiger partial charge in [0.1, 0.15) is 5.56 Å². The summed E-state index contributed by atoms with van der Waals surface area (Å²) in [5.41, 5.74) is 5.69. The quantitative estimate of drug-likeness (QED) is 0.793. The van der Waals surface area contributed by atoms with Crippen LogP contribution in [0.4, 0.5) is 8.78 Å². The van der Waals surface area contributed by atoms with Crippen molar-refractivity contribution < 1.29 is 13.6 Å². The highest BCUT2D eigenvalue weighted by Crippen LogP contribution is 2.40. The highest BCUT2D eigenvalue weighted by molar-refractivity contribution is 6.37. The normalized spacial score (nSPS) is 18.8. The number of rotatable bonds is 2. The van der Waals surface area contributed by atoms with E-state index in [1.54, 1.807) is 6.92 Å². The van der Waals surface area contributed by atoms with E-state index >= 15 is 0 Å². The number of piperidine rings is 1. The predicted octanol–water partition coefficient (Wildman–Crippen LogP) is 2.97. The van der Waals surface area contributed by atoms with Crippen molar-refractivity contribution in [2.45, 2.75) is 25.7 Å². The summed E-state index contributed by atoms with van der Waals surface area (Å²) in [6.45, 7) is 3.08. The van der Waals surface area contributed by atoms with Crippen molar-refractivity contribution >= 4 is 28.4 Å². The van der Waals surface area contributed by atoms with Crippen LogP contribution < -0.4 is 11.1 Å². The summed E-state index contributed by atoms with van der Waals surface area (Å²) in [5, 5.41) is 3.84. The number of H-pyrrole nitrogens is 1. The summed E-state index contributed by atoms with van der Waals surface area (Å²) in [5.74, 6) is -3.46. The lowest BCUT2D eigenvalue weighted by molar-refractivity contribution is 0.0997. The van der Waals surface area contributed by atoms with Gasteiger partial charge >= 0.3 is 0 Å². The van der Waals surface area contributed by atoms with E-state index in [2.05, 4.69) is 10.3 Å². The fourth-order valence-electron chi connectivity index (χ4n) is 3.20. The number of aromatic nitrogens is 1. The van der Waals surface area contributed by atoms with Gasteiger partial charge in [-0.2, -0.15) is 0 Å². The molecule has 0 radical (unpaired) electrons. The molecule has 2 aromatic rings. The number of aromatic amines is 1. The second-order valence-corrected chi connectivity index (χ2v) is 6.02. The van der Waals surface area contributed by atoms with Gasteiger partial charge in [0.25, 0.3) is 5.91 Å². The summed E-state index contributed by atoms with van der Waals surface area (Å²) in [7, 11) is 0. The third-order valence-corrected chi connectivity index (χ3v) is 4.70. The Kier molecular flexibility index (Phi) is 3.82. The lowest BCUT2D eigenvalue weighted by atomic mass is 9.87. The number of primary amides is 1. The van der Waals surface area contributed by atoms with E-state index in [-0.39, 0.29) is 17.0 Å². The van der Waals surface area contributed by atoms with Gasteiger partial charge in [-0.25, -0.2) is 8.78 Å². The lowest BCUT2D eigenvalue weighted by Gasteiger charge is -2.25. The Balaban J connectivity index is 2.38. The van der Waals surface area contributed by atoms with Crippen molar-refractivity contribution in [3.8, 4) is 0 Å². The fourth-order valence-corrected chi connectivity index (χ4v) is 3.45. The molecule has 22 heavy (non-hydrogen) atoms. The highest BCUT2D eigenvalue weighted by Gasteiger charge is 2.30. The molecule has 7 heteroatoms. The van der Waals surface area contributed by atoms with Gasteiger partial charge in [0.05, 0.1) is 10.5 Å². The van der Waals surface area contributed by atoms with Crippen LogP contribution in [-0.2, 0) is 0 Å². The van der Waals surface area contributed by atoms with Crippen molar-refractivity contribution in [3.05, 3.63) is 33.5 Å². The van der Waals surface area contributed by atoms with E-state index in [4.69, 9.17) is 17.3 Å². The smallest absolute Gasteiger partial charge is 0.253 e. The zero-order valence-electron chi connectivity index (χ0n) is 12.0. The Hall–Kier alpha value is -1.66. The van der Waals surface area contributed by atoms with Gasteiger partial charge in [0.2, 0.25) is 0 Å². The van der Waals surface area contributed by atoms with Crippen molar-refractivity contribution in [2.75, 3.05) is 13.1 Å². The molecule has 1 aromatic heterocycles. The second kappa shape index (κ2) is 5.52. The molecule has 3 rings (SSSR count). The maximum atomic E-state index is 14.6. The van der Waals surface area contributed by atoms with Gasteiger partial charge in [-0.3, -0.25) is 4.79 Å². The van der Waals surface area contributed by atoms with E-state index < -0.39 is 23.1 Å². The number of benzene rings is 1. The molecular weight excluding hydrogens is 312 g/mol. The number of carbonyl (C=O) groups is 1. The van der Waals surface area contributed by atoms with Gasteiger partial charge in [0, 0.05) is 29.1 Å². The average Bonchev–Trinajstić information content (AvgIpc) is 2.77. The van der Waals surface area contributed by atoms with Gasteiger partial charge in [0.15, 0.2) is 11.6 Å². The Morgan fingerprint density at radius 1 is 1.36 bits per heavy atom.